The maximum Gasteiger partial charge on any atom is 0.264 e. The Morgan fingerprint density at radius 1 is 0.969 bits per heavy atom. The van der Waals surface area contributed by atoms with E-state index in [4.69, 9.17) is 4.74 Å². The lowest BCUT2D eigenvalue weighted by Crippen LogP contribution is -2.41. The first-order valence-electron chi connectivity index (χ1n) is 10.5. The molecular weight excluding hydrogens is 424 g/mol. The summed E-state index contributed by atoms with van der Waals surface area (Å²) in [4.78, 5) is 13.0. The molecule has 3 aromatic carbocycles. The van der Waals surface area contributed by atoms with E-state index in [-0.39, 0.29) is 17.5 Å². The summed E-state index contributed by atoms with van der Waals surface area (Å²) >= 11 is 0. The number of hydrogen-bond donors (Lipinski definition) is 1. The van der Waals surface area contributed by atoms with E-state index in [1.54, 1.807) is 30.3 Å². The fourth-order valence-electron chi connectivity index (χ4n) is 3.27. The molecule has 0 spiro atoms. The number of aryl methyl sites for hydroxylation is 1. The molecule has 0 fully saturated rings. The van der Waals surface area contributed by atoms with Crippen LogP contribution in [-0.4, -0.2) is 27.5 Å². The third kappa shape index (κ3) is 5.68. The van der Waals surface area contributed by atoms with Crippen molar-refractivity contribution in [2.75, 3.05) is 17.5 Å². The molecule has 0 bridgehead atoms. The molecule has 0 aliphatic rings. The Bertz CT molecular complexity index is 1130. The molecule has 0 saturated heterocycles. The van der Waals surface area contributed by atoms with Crippen LogP contribution in [-0.2, 0) is 14.8 Å². The van der Waals surface area contributed by atoms with Crippen molar-refractivity contribution in [2.24, 2.45) is 0 Å². The Kier molecular flexibility index (Phi) is 7.53. The smallest absolute Gasteiger partial charge is 0.264 e. The summed E-state index contributed by atoms with van der Waals surface area (Å²) < 4.78 is 33.3. The van der Waals surface area contributed by atoms with Crippen LogP contribution in [0.4, 0.5) is 5.69 Å². The van der Waals surface area contributed by atoms with Crippen molar-refractivity contribution in [3.63, 3.8) is 0 Å². The maximum atomic E-state index is 13.3. The van der Waals surface area contributed by atoms with Crippen LogP contribution in [0.3, 0.4) is 0 Å². The minimum Gasteiger partial charge on any atom is -0.494 e. The van der Waals surface area contributed by atoms with Gasteiger partial charge in [0.25, 0.3) is 10.0 Å². The number of nitrogens with zero attached hydrogens (tertiary/aromatic N) is 1. The van der Waals surface area contributed by atoms with Gasteiger partial charge in [0.1, 0.15) is 12.3 Å². The number of ether oxygens (including phenoxy) is 1. The summed E-state index contributed by atoms with van der Waals surface area (Å²) in [5.74, 6) is 0.362. The van der Waals surface area contributed by atoms with Crippen LogP contribution < -0.4 is 14.4 Å². The number of benzene rings is 3. The molecule has 0 aliphatic carbocycles. The molecule has 1 amide bonds. The second-order valence-corrected chi connectivity index (χ2v) is 9.31. The molecule has 0 radical (unpaired) electrons. The van der Waals surface area contributed by atoms with Crippen molar-refractivity contribution >= 4 is 21.6 Å². The van der Waals surface area contributed by atoms with Crippen molar-refractivity contribution in [1.82, 2.24) is 5.32 Å². The molecule has 168 valence electrons. The van der Waals surface area contributed by atoms with Gasteiger partial charge in [0.15, 0.2) is 0 Å². The molecule has 1 atom stereocenters. The zero-order valence-corrected chi connectivity index (χ0v) is 19.3. The molecule has 3 rings (SSSR count). The minimum atomic E-state index is -3.92. The summed E-state index contributed by atoms with van der Waals surface area (Å²) in [6.07, 6.45) is 0. The fraction of sp³-hybridized carbons (Fsp3) is 0.240. The van der Waals surface area contributed by atoms with Gasteiger partial charge in [-0.1, -0.05) is 48.0 Å². The standard InChI is InChI=1S/C25H28N2O4S/c1-4-31-23-16-12-21(13-17-23)20(3)26-25(28)18-27(22-14-10-19(2)11-15-22)32(29,30)24-8-6-5-7-9-24/h5-17,20H,4,18H2,1-3H3,(H,26,28). The first kappa shape index (κ1) is 23.3. The molecule has 7 heteroatoms. The molecule has 3 aromatic rings. The van der Waals surface area contributed by atoms with E-state index in [9.17, 15) is 13.2 Å². The summed E-state index contributed by atoms with van der Waals surface area (Å²) in [6, 6.07) is 22.3. The highest BCUT2D eigenvalue weighted by Crippen LogP contribution is 2.24. The lowest BCUT2D eigenvalue weighted by molar-refractivity contribution is -0.120. The largest absolute Gasteiger partial charge is 0.494 e. The monoisotopic (exact) mass is 452 g/mol. The predicted molar refractivity (Wildman–Crippen MR) is 126 cm³/mol. The molecular formula is C25H28N2O4S. The molecule has 0 saturated carbocycles. The van der Waals surface area contributed by atoms with Crippen molar-refractivity contribution in [3.8, 4) is 5.75 Å². The van der Waals surface area contributed by atoms with Crippen LogP contribution in [0.15, 0.2) is 83.8 Å². The van der Waals surface area contributed by atoms with E-state index in [0.717, 1.165) is 21.2 Å². The average molecular weight is 453 g/mol. The number of hydrogen-bond acceptors (Lipinski definition) is 4. The van der Waals surface area contributed by atoms with Crippen molar-refractivity contribution in [2.45, 2.75) is 31.7 Å². The molecule has 1 N–H and O–H groups in total. The maximum absolute atomic E-state index is 13.3. The van der Waals surface area contributed by atoms with E-state index in [0.29, 0.717) is 12.3 Å². The van der Waals surface area contributed by atoms with Gasteiger partial charge in [0.05, 0.1) is 23.2 Å². The Hall–Kier alpha value is -3.32. The normalized spacial score (nSPS) is 12.1. The van der Waals surface area contributed by atoms with Crippen LogP contribution in [0, 0.1) is 6.92 Å². The van der Waals surface area contributed by atoms with E-state index in [1.807, 2.05) is 57.2 Å². The van der Waals surface area contributed by atoms with E-state index in [2.05, 4.69) is 5.32 Å². The number of amides is 1. The number of carbonyl (C=O) groups excluding carboxylic acids is 1. The summed E-state index contributed by atoms with van der Waals surface area (Å²) in [5, 5.41) is 2.90. The Labute approximate surface area is 189 Å². The van der Waals surface area contributed by atoms with Gasteiger partial charge in [-0.25, -0.2) is 8.42 Å². The second-order valence-electron chi connectivity index (χ2n) is 7.45. The molecule has 0 aromatic heterocycles. The highest BCUT2D eigenvalue weighted by atomic mass is 32.2. The van der Waals surface area contributed by atoms with Gasteiger partial charge >= 0.3 is 0 Å². The molecule has 1 unspecified atom stereocenters. The summed E-state index contributed by atoms with van der Waals surface area (Å²) in [5.41, 5.74) is 2.33. The number of sulfonamides is 1. The summed E-state index contributed by atoms with van der Waals surface area (Å²) in [6.45, 7) is 5.94. The Morgan fingerprint density at radius 2 is 1.59 bits per heavy atom. The highest BCUT2D eigenvalue weighted by molar-refractivity contribution is 7.92. The van der Waals surface area contributed by atoms with Crippen molar-refractivity contribution in [3.05, 3.63) is 90.0 Å². The van der Waals surface area contributed by atoms with Gasteiger partial charge in [-0.2, -0.15) is 0 Å². The SMILES string of the molecule is CCOc1ccc(C(C)NC(=O)CN(c2ccc(C)cc2)S(=O)(=O)c2ccccc2)cc1. The first-order chi connectivity index (χ1) is 15.3. The fourth-order valence-corrected chi connectivity index (χ4v) is 4.71. The van der Waals surface area contributed by atoms with Gasteiger partial charge in [-0.15, -0.1) is 0 Å². The minimum absolute atomic E-state index is 0.132. The lowest BCUT2D eigenvalue weighted by atomic mass is 10.1. The number of nitrogens with one attached hydrogen (secondary N) is 1. The van der Waals surface area contributed by atoms with Gasteiger partial charge in [-0.3, -0.25) is 9.10 Å². The summed E-state index contributed by atoms with van der Waals surface area (Å²) in [7, 11) is -3.92. The molecule has 6 nitrogen and oxygen atoms in total. The van der Waals surface area contributed by atoms with Crippen LogP contribution in [0.1, 0.15) is 31.0 Å². The van der Waals surface area contributed by atoms with Crippen LogP contribution in [0.2, 0.25) is 0 Å². The lowest BCUT2D eigenvalue weighted by Gasteiger charge is -2.25. The van der Waals surface area contributed by atoms with Gasteiger partial charge in [0.2, 0.25) is 5.91 Å². The van der Waals surface area contributed by atoms with E-state index < -0.39 is 15.9 Å². The molecule has 0 heterocycles. The third-order valence-electron chi connectivity index (χ3n) is 5.01. The topological polar surface area (TPSA) is 75.7 Å². The van der Waals surface area contributed by atoms with Crippen LogP contribution >= 0.6 is 0 Å². The van der Waals surface area contributed by atoms with E-state index in [1.165, 1.54) is 12.1 Å². The number of anilines is 1. The van der Waals surface area contributed by atoms with Crippen molar-refractivity contribution < 1.29 is 17.9 Å². The Morgan fingerprint density at radius 3 is 2.19 bits per heavy atom. The average Bonchev–Trinajstić information content (AvgIpc) is 2.79. The van der Waals surface area contributed by atoms with Gasteiger partial charge in [-0.05, 0) is 62.7 Å². The zero-order valence-electron chi connectivity index (χ0n) is 18.5. The third-order valence-corrected chi connectivity index (χ3v) is 6.80. The highest BCUT2D eigenvalue weighted by Gasteiger charge is 2.27. The van der Waals surface area contributed by atoms with E-state index >= 15 is 0 Å². The van der Waals surface area contributed by atoms with Gasteiger partial charge < -0.3 is 10.1 Å². The number of carbonyl (C=O) groups is 1. The number of rotatable bonds is 9. The zero-order chi connectivity index (χ0) is 23.1. The van der Waals surface area contributed by atoms with Crippen LogP contribution in [0.5, 0.6) is 5.75 Å². The van der Waals surface area contributed by atoms with Gasteiger partial charge in [0, 0.05) is 0 Å². The second kappa shape index (κ2) is 10.3. The van der Waals surface area contributed by atoms with Crippen molar-refractivity contribution in [1.29, 1.82) is 0 Å². The quantitative estimate of drug-likeness (QED) is 0.520. The Balaban J connectivity index is 1.81. The van der Waals surface area contributed by atoms with Crippen LogP contribution in [0.25, 0.3) is 0 Å². The first-order valence-corrected chi connectivity index (χ1v) is 11.9. The predicted octanol–water partition coefficient (Wildman–Crippen LogP) is 4.47. The molecule has 0 aliphatic heterocycles. The molecule has 32 heavy (non-hydrogen) atoms.